The molecule has 1 N–H and O–H groups in total. The first-order chi connectivity index (χ1) is 11.3. The van der Waals surface area contributed by atoms with Crippen molar-refractivity contribution in [2.75, 3.05) is 5.32 Å². The van der Waals surface area contributed by atoms with E-state index in [9.17, 15) is 4.79 Å². The molecule has 2 heterocycles. The molecular weight excluding hydrogens is 310 g/mol. The highest BCUT2D eigenvalue weighted by atomic mass is 32.1. The molecule has 23 heavy (non-hydrogen) atoms. The van der Waals surface area contributed by atoms with E-state index in [0.29, 0.717) is 5.13 Å². The van der Waals surface area contributed by atoms with Gasteiger partial charge in [0.1, 0.15) is 0 Å². The highest BCUT2D eigenvalue weighted by Crippen LogP contribution is 2.25. The van der Waals surface area contributed by atoms with Crippen molar-refractivity contribution in [3.63, 3.8) is 0 Å². The third kappa shape index (κ3) is 2.69. The molecule has 0 bridgehead atoms. The van der Waals surface area contributed by atoms with Crippen LogP contribution in [0, 0.1) is 0 Å². The molecule has 0 spiro atoms. The molecule has 2 aromatic carbocycles. The zero-order valence-electron chi connectivity index (χ0n) is 11.9. The van der Waals surface area contributed by atoms with Crippen molar-refractivity contribution in [1.82, 2.24) is 20.0 Å². The number of fused-ring (bicyclic) bond motifs is 1. The fourth-order valence-corrected chi connectivity index (χ4v) is 3.02. The molecule has 0 saturated heterocycles. The minimum atomic E-state index is -0.328. The topological polar surface area (TPSA) is 72.7 Å². The van der Waals surface area contributed by atoms with Gasteiger partial charge in [0.25, 0.3) is 5.91 Å². The Morgan fingerprint density at radius 1 is 1.04 bits per heavy atom. The Bertz CT molecular complexity index is 943. The molecule has 2 aromatic heterocycles. The molecule has 0 aliphatic heterocycles. The van der Waals surface area contributed by atoms with Crippen LogP contribution in [0.1, 0.15) is 10.5 Å². The van der Waals surface area contributed by atoms with Crippen LogP contribution < -0.4 is 5.32 Å². The lowest BCUT2D eigenvalue weighted by Crippen LogP contribution is -2.12. The molecular formula is C16H11N5OS. The summed E-state index contributed by atoms with van der Waals surface area (Å²) in [5, 5.41) is 11.2. The van der Waals surface area contributed by atoms with E-state index in [2.05, 4.69) is 20.6 Å². The molecule has 0 fully saturated rings. The van der Waals surface area contributed by atoms with Crippen LogP contribution in [0.25, 0.3) is 15.9 Å². The van der Waals surface area contributed by atoms with Crippen molar-refractivity contribution >= 4 is 32.6 Å². The zero-order chi connectivity index (χ0) is 15.6. The van der Waals surface area contributed by atoms with E-state index in [1.807, 2.05) is 54.6 Å². The van der Waals surface area contributed by atoms with Gasteiger partial charge in [-0.15, -0.1) is 5.10 Å². The lowest BCUT2D eigenvalue weighted by atomic mass is 10.3. The van der Waals surface area contributed by atoms with E-state index in [4.69, 9.17) is 0 Å². The van der Waals surface area contributed by atoms with Crippen LogP contribution in [0.3, 0.4) is 0 Å². The maximum absolute atomic E-state index is 12.3. The molecule has 0 aliphatic carbocycles. The highest BCUT2D eigenvalue weighted by molar-refractivity contribution is 7.22. The maximum Gasteiger partial charge on any atom is 0.279 e. The number of rotatable bonds is 3. The maximum atomic E-state index is 12.3. The molecule has 0 atom stereocenters. The van der Waals surface area contributed by atoms with Gasteiger partial charge in [0.15, 0.2) is 10.8 Å². The number of thiazole rings is 1. The van der Waals surface area contributed by atoms with E-state index < -0.39 is 0 Å². The summed E-state index contributed by atoms with van der Waals surface area (Å²) in [6.07, 6.45) is 1.60. The quantitative estimate of drug-likeness (QED) is 0.629. The molecule has 0 saturated carbocycles. The van der Waals surface area contributed by atoms with Gasteiger partial charge in [-0.25, -0.2) is 9.67 Å². The van der Waals surface area contributed by atoms with Crippen LogP contribution in [-0.2, 0) is 0 Å². The summed E-state index contributed by atoms with van der Waals surface area (Å²) in [6, 6.07) is 17.2. The van der Waals surface area contributed by atoms with Crippen molar-refractivity contribution in [3.8, 4) is 5.69 Å². The van der Waals surface area contributed by atoms with E-state index >= 15 is 0 Å². The summed E-state index contributed by atoms with van der Waals surface area (Å²) in [6.45, 7) is 0. The first kappa shape index (κ1) is 13.6. The smallest absolute Gasteiger partial charge is 0.279 e. The largest absolute Gasteiger partial charge is 0.296 e. The number of amides is 1. The number of nitrogens with zero attached hydrogens (tertiary/aromatic N) is 4. The standard InChI is InChI=1S/C16H11N5OS/c22-15(18-16-17-12-8-4-5-9-14(12)23-16)13-10-21(20-19-13)11-6-2-1-3-7-11/h1-10H,(H,17,18,22). The minimum absolute atomic E-state index is 0.244. The predicted molar refractivity (Wildman–Crippen MR) is 88.9 cm³/mol. The molecule has 6 nitrogen and oxygen atoms in total. The molecule has 0 radical (unpaired) electrons. The third-order valence-electron chi connectivity index (χ3n) is 3.26. The Hall–Kier alpha value is -3.06. The minimum Gasteiger partial charge on any atom is -0.296 e. The van der Waals surface area contributed by atoms with Gasteiger partial charge in [-0.1, -0.05) is 46.9 Å². The summed E-state index contributed by atoms with van der Waals surface area (Å²) in [7, 11) is 0. The van der Waals surface area contributed by atoms with Gasteiger partial charge in [0.2, 0.25) is 0 Å². The van der Waals surface area contributed by atoms with Crippen LogP contribution in [0.5, 0.6) is 0 Å². The summed E-state index contributed by atoms with van der Waals surface area (Å²) >= 11 is 1.43. The number of para-hydroxylation sites is 2. The summed E-state index contributed by atoms with van der Waals surface area (Å²) in [5.74, 6) is -0.328. The lowest BCUT2D eigenvalue weighted by Gasteiger charge is -1.98. The average molecular weight is 321 g/mol. The van der Waals surface area contributed by atoms with Crippen molar-refractivity contribution < 1.29 is 4.79 Å². The summed E-state index contributed by atoms with van der Waals surface area (Å²) in [4.78, 5) is 16.7. The highest BCUT2D eigenvalue weighted by Gasteiger charge is 2.14. The van der Waals surface area contributed by atoms with Gasteiger partial charge >= 0.3 is 0 Å². The predicted octanol–water partition coefficient (Wildman–Crippen LogP) is 3.13. The number of carbonyl (C=O) groups is 1. The van der Waals surface area contributed by atoms with E-state index in [0.717, 1.165) is 15.9 Å². The lowest BCUT2D eigenvalue weighted by molar-refractivity contribution is 0.102. The van der Waals surface area contributed by atoms with Crippen molar-refractivity contribution in [3.05, 3.63) is 66.5 Å². The second-order valence-electron chi connectivity index (χ2n) is 4.82. The van der Waals surface area contributed by atoms with Crippen LogP contribution >= 0.6 is 11.3 Å². The number of carbonyl (C=O) groups excluding carboxylic acids is 1. The van der Waals surface area contributed by atoms with Crippen molar-refractivity contribution in [1.29, 1.82) is 0 Å². The number of anilines is 1. The van der Waals surface area contributed by atoms with Gasteiger partial charge < -0.3 is 0 Å². The number of hydrogen-bond acceptors (Lipinski definition) is 5. The van der Waals surface area contributed by atoms with Gasteiger partial charge in [0.05, 0.1) is 22.1 Å². The second-order valence-corrected chi connectivity index (χ2v) is 5.86. The average Bonchev–Trinajstić information content (AvgIpc) is 3.22. The van der Waals surface area contributed by atoms with E-state index in [-0.39, 0.29) is 11.6 Å². The Labute approximate surface area is 135 Å². The second kappa shape index (κ2) is 5.62. The van der Waals surface area contributed by atoms with E-state index in [1.54, 1.807) is 10.9 Å². The first-order valence-corrected chi connectivity index (χ1v) is 7.76. The Morgan fingerprint density at radius 3 is 2.65 bits per heavy atom. The number of aromatic nitrogens is 4. The van der Waals surface area contributed by atoms with E-state index in [1.165, 1.54) is 11.3 Å². The zero-order valence-corrected chi connectivity index (χ0v) is 12.7. The third-order valence-corrected chi connectivity index (χ3v) is 4.21. The normalized spacial score (nSPS) is 10.8. The Morgan fingerprint density at radius 2 is 1.83 bits per heavy atom. The molecule has 4 aromatic rings. The van der Waals surface area contributed by atoms with Crippen molar-refractivity contribution in [2.45, 2.75) is 0 Å². The van der Waals surface area contributed by atoms with Gasteiger partial charge in [-0.3, -0.25) is 10.1 Å². The molecule has 0 unspecified atom stereocenters. The van der Waals surface area contributed by atoms with Crippen LogP contribution in [-0.4, -0.2) is 25.9 Å². The molecule has 7 heteroatoms. The van der Waals surface area contributed by atoms with Crippen LogP contribution in [0.15, 0.2) is 60.8 Å². The fraction of sp³-hybridized carbons (Fsp3) is 0. The number of nitrogens with one attached hydrogen (secondary N) is 1. The Balaban J connectivity index is 1.56. The monoisotopic (exact) mass is 321 g/mol. The van der Waals surface area contributed by atoms with Crippen LogP contribution in [0.2, 0.25) is 0 Å². The van der Waals surface area contributed by atoms with Crippen LogP contribution in [0.4, 0.5) is 5.13 Å². The number of hydrogen-bond donors (Lipinski definition) is 1. The van der Waals surface area contributed by atoms with Gasteiger partial charge in [0, 0.05) is 0 Å². The molecule has 4 rings (SSSR count). The SMILES string of the molecule is O=C(Nc1nc2ccccc2s1)c1cn(-c2ccccc2)nn1. The number of benzene rings is 2. The molecule has 0 aliphatic rings. The van der Waals surface area contributed by atoms with Gasteiger partial charge in [-0.05, 0) is 24.3 Å². The first-order valence-electron chi connectivity index (χ1n) is 6.94. The Kier molecular flexibility index (Phi) is 3.32. The molecule has 1 amide bonds. The van der Waals surface area contributed by atoms with Crippen molar-refractivity contribution in [2.24, 2.45) is 0 Å². The van der Waals surface area contributed by atoms with Gasteiger partial charge in [-0.2, -0.15) is 0 Å². The summed E-state index contributed by atoms with van der Waals surface area (Å²) < 4.78 is 2.59. The summed E-state index contributed by atoms with van der Waals surface area (Å²) in [5.41, 5.74) is 1.95. The fourth-order valence-electron chi connectivity index (χ4n) is 2.16. The molecule has 112 valence electrons.